The third-order valence-corrected chi connectivity index (χ3v) is 4.11. The summed E-state index contributed by atoms with van der Waals surface area (Å²) in [6.07, 6.45) is 0.524. The maximum absolute atomic E-state index is 11.8. The van der Waals surface area contributed by atoms with Gasteiger partial charge in [0.25, 0.3) is 5.24 Å². The van der Waals surface area contributed by atoms with Gasteiger partial charge in [0.05, 0.1) is 5.25 Å². The second kappa shape index (κ2) is 4.20. The lowest BCUT2D eigenvalue weighted by Crippen LogP contribution is -2.28. The Morgan fingerprint density at radius 2 is 2.11 bits per heavy atom. The van der Waals surface area contributed by atoms with Crippen molar-refractivity contribution in [3.63, 3.8) is 0 Å². The van der Waals surface area contributed by atoms with Crippen molar-refractivity contribution in [2.45, 2.75) is 11.7 Å². The molecule has 0 spiro atoms. The third-order valence-electron chi connectivity index (χ3n) is 2.98. The highest BCUT2D eigenvalue weighted by Gasteiger charge is 2.37. The molecule has 1 saturated heterocycles. The second-order valence-corrected chi connectivity index (χ2v) is 5.32. The number of ether oxygens (including phenoxy) is 2. The molecule has 0 aromatic heterocycles. The summed E-state index contributed by atoms with van der Waals surface area (Å²) in [4.78, 5) is 24.3. The molecule has 2 aliphatic heterocycles. The Morgan fingerprint density at radius 1 is 1.33 bits per heavy atom. The van der Waals surface area contributed by atoms with E-state index in [1.807, 2.05) is 18.2 Å². The molecule has 0 N–H and O–H groups in total. The van der Waals surface area contributed by atoms with Crippen LogP contribution < -0.4 is 9.47 Å². The summed E-state index contributed by atoms with van der Waals surface area (Å²) in [6.45, 7) is 0.233. The molecule has 2 amide bonds. The fourth-order valence-corrected chi connectivity index (χ4v) is 2.99. The van der Waals surface area contributed by atoms with Gasteiger partial charge in [0, 0.05) is 7.05 Å². The molecule has 18 heavy (non-hydrogen) atoms. The van der Waals surface area contributed by atoms with Crippen LogP contribution in [0.4, 0.5) is 4.79 Å². The Kier molecular flexibility index (Phi) is 2.66. The number of rotatable bonds is 2. The quantitative estimate of drug-likeness (QED) is 0.814. The fraction of sp³-hybridized carbons (Fsp3) is 0.333. The van der Waals surface area contributed by atoms with Gasteiger partial charge >= 0.3 is 0 Å². The van der Waals surface area contributed by atoms with E-state index in [1.54, 1.807) is 0 Å². The maximum atomic E-state index is 11.8. The highest BCUT2D eigenvalue weighted by Crippen LogP contribution is 2.34. The summed E-state index contributed by atoms with van der Waals surface area (Å²) >= 11 is 1.08. The molecule has 6 heteroatoms. The third kappa shape index (κ3) is 1.82. The number of thioether (sulfide) groups is 1. The molecule has 1 aromatic rings. The van der Waals surface area contributed by atoms with Crippen molar-refractivity contribution in [2.24, 2.45) is 0 Å². The number of amides is 2. The number of carbonyl (C=O) groups is 2. The Bertz CT molecular complexity index is 531. The molecule has 0 unspecified atom stereocenters. The molecule has 0 radical (unpaired) electrons. The minimum absolute atomic E-state index is 0.136. The molecule has 2 aliphatic rings. The molecule has 0 aliphatic carbocycles. The zero-order valence-electron chi connectivity index (χ0n) is 9.71. The van der Waals surface area contributed by atoms with Gasteiger partial charge in [-0.2, -0.15) is 0 Å². The van der Waals surface area contributed by atoms with Crippen molar-refractivity contribution in [3.8, 4) is 11.5 Å². The monoisotopic (exact) mass is 265 g/mol. The Morgan fingerprint density at radius 3 is 2.83 bits per heavy atom. The topological polar surface area (TPSA) is 55.8 Å². The molecule has 94 valence electrons. The van der Waals surface area contributed by atoms with E-state index in [0.29, 0.717) is 12.2 Å². The molecule has 2 heterocycles. The van der Waals surface area contributed by atoms with Crippen LogP contribution in [0.2, 0.25) is 0 Å². The predicted octanol–water partition coefficient (Wildman–Crippen LogP) is 1.65. The van der Waals surface area contributed by atoms with Gasteiger partial charge in [-0.25, -0.2) is 0 Å². The summed E-state index contributed by atoms with van der Waals surface area (Å²) in [6, 6.07) is 5.58. The first-order valence-corrected chi connectivity index (χ1v) is 6.40. The summed E-state index contributed by atoms with van der Waals surface area (Å²) in [5.41, 5.74) is 0.966. The zero-order chi connectivity index (χ0) is 12.7. The number of fused-ring (bicyclic) bond motifs is 1. The summed E-state index contributed by atoms with van der Waals surface area (Å²) in [7, 11) is 1.51. The first kappa shape index (κ1) is 11.4. The van der Waals surface area contributed by atoms with E-state index in [-0.39, 0.29) is 23.2 Å². The Balaban J connectivity index is 1.77. The van der Waals surface area contributed by atoms with Gasteiger partial charge in [0.2, 0.25) is 12.7 Å². The highest BCUT2D eigenvalue weighted by atomic mass is 32.2. The molecule has 5 nitrogen and oxygen atoms in total. The standard InChI is InChI=1S/C12H11NO4S/c1-13-11(14)10(18-12(13)15)5-7-2-3-8-9(4-7)17-6-16-8/h2-4,10H,5-6H2,1H3/t10-/m1/s1. The van der Waals surface area contributed by atoms with Gasteiger partial charge in [-0.1, -0.05) is 17.8 Å². The van der Waals surface area contributed by atoms with Crippen molar-refractivity contribution >= 4 is 22.9 Å². The molecule has 0 bridgehead atoms. The average Bonchev–Trinajstić information content (AvgIpc) is 2.91. The van der Waals surface area contributed by atoms with Crippen molar-refractivity contribution in [1.82, 2.24) is 4.90 Å². The number of nitrogens with zero attached hydrogens (tertiary/aromatic N) is 1. The minimum atomic E-state index is -0.331. The lowest BCUT2D eigenvalue weighted by molar-refractivity contribution is -0.125. The van der Waals surface area contributed by atoms with Crippen LogP contribution in [0.1, 0.15) is 5.56 Å². The largest absolute Gasteiger partial charge is 0.454 e. The SMILES string of the molecule is CN1C(=O)S[C@H](Cc2ccc3c(c2)OCO3)C1=O. The van der Waals surface area contributed by atoms with Crippen LogP contribution in [0.3, 0.4) is 0 Å². The number of benzene rings is 1. The average molecular weight is 265 g/mol. The first-order valence-electron chi connectivity index (χ1n) is 5.52. The minimum Gasteiger partial charge on any atom is -0.454 e. The van der Waals surface area contributed by atoms with Gasteiger partial charge in [-0.3, -0.25) is 14.5 Å². The fourth-order valence-electron chi connectivity index (χ4n) is 1.97. The van der Waals surface area contributed by atoms with Crippen molar-refractivity contribution in [1.29, 1.82) is 0 Å². The molecule has 1 aromatic carbocycles. The normalized spacial score (nSPS) is 21.8. The lowest BCUT2D eigenvalue weighted by atomic mass is 10.1. The van der Waals surface area contributed by atoms with E-state index in [9.17, 15) is 9.59 Å². The number of imide groups is 1. The van der Waals surface area contributed by atoms with E-state index in [1.165, 1.54) is 11.9 Å². The number of hydrogen-bond donors (Lipinski definition) is 0. The number of carbonyl (C=O) groups excluding carboxylic acids is 2. The molecule has 0 saturated carbocycles. The maximum Gasteiger partial charge on any atom is 0.288 e. The van der Waals surface area contributed by atoms with Gasteiger partial charge in [-0.15, -0.1) is 0 Å². The van der Waals surface area contributed by atoms with Crippen LogP contribution >= 0.6 is 11.8 Å². The van der Waals surface area contributed by atoms with Crippen LogP contribution in [0, 0.1) is 0 Å². The van der Waals surface area contributed by atoms with Crippen molar-refractivity contribution in [3.05, 3.63) is 23.8 Å². The van der Waals surface area contributed by atoms with Gasteiger partial charge in [0.15, 0.2) is 11.5 Å². The molecule has 1 fully saturated rings. The smallest absolute Gasteiger partial charge is 0.288 e. The van der Waals surface area contributed by atoms with Crippen LogP contribution in [-0.2, 0) is 11.2 Å². The van der Waals surface area contributed by atoms with Crippen LogP contribution in [0.5, 0.6) is 11.5 Å². The zero-order valence-corrected chi connectivity index (χ0v) is 10.5. The van der Waals surface area contributed by atoms with Crippen LogP contribution in [0.15, 0.2) is 18.2 Å². The van der Waals surface area contributed by atoms with Crippen LogP contribution in [-0.4, -0.2) is 35.1 Å². The summed E-state index contributed by atoms with van der Waals surface area (Å²) in [5.74, 6) is 1.28. The van der Waals surface area contributed by atoms with E-state index in [4.69, 9.17) is 9.47 Å². The number of hydrogen-bond acceptors (Lipinski definition) is 5. The van der Waals surface area contributed by atoms with Crippen molar-refractivity contribution < 1.29 is 19.1 Å². The summed E-state index contributed by atoms with van der Waals surface area (Å²) in [5, 5.41) is -0.520. The predicted molar refractivity (Wildman–Crippen MR) is 65.8 cm³/mol. The van der Waals surface area contributed by atoms with E-state index < -0.39 is 0 Å². The second-order valence-electron chi connectivity index (χ2n) is 4.16. The van der Waals surface area contributed by atoms with Gasteiger partial charge < -0.3 is 9.47 Å². The lowest BCUT2D eigenvalue weighted by Gasteiger charge is -2.08. The Labute approximate surface area is 108 Å². The summed E-state index contributed by atoms with van der Waals surface area (Å²) < 4.78 is 10.5. The van der Waals surface area contributed by atoms with Crippen molar-refractivity contribution in [2.75, 3.05) is 13.8 Å². The molecule has 3 rings (SSSR count). The molecular weight excluding hydrogens is 254 g/mol. The van der Waals surface area contributed by atoms with E-state index in [0.717, 1.165) is 23.1 Å². The van der Waals surface area contributed by atoms with Gasteiger partial charge in [-0.05, 0) is 24.1 Å². The molecule has 1 atom stereocenters. The van der Waals surface area contributed by atoms with Crippen LogP contribution in [0.25, 0.3) is 0 Å². The first-order chi connectivity index (χ1) is 8.65. The van der Waals surface area contributed by atoms with E-state index >= 15 is 0 Å². The molecular formula is C12H11NO4S. The van der Waals surface area contributed by atoms with E-state index in [2.05, 4.69) is 0 Å². The highest BCUT2D eigenvalue weighted by molar-refractivity contribution is 8.15. The van der Waals surface area contributed by atoms with Gasteiger partial charge in [0.1, 0.15) is 0 Å². The Hall–Kier alpha value is -1.69.